The number of anilines is 1. The number of nitro benzene ring substituents is 1. The van der Waals surface area contributed by atoms with E-state index >= 15 is 0 Å². The monoisotopic (exact) mass is 354 g/mol. The van der Waals surface area contributed by atoms with Crippen LogP contribution in [0, 0.1) is 15.9 Å². The van der Waals surface area contributed by atoms with E-state index in [-0.39, 0.29) is 12.2 Å². The van der Waals surface area contributed by atoms with Crippen LogP contribution in [-0.4, -0.2) is 12.0 Å². The fraction of sp³-hybridized carbons (Fsp3) is 0.143. The summed E-state index contributed by atoms with van der Waals surface area (Å²) in [5, 5.41) is 14.0. The Kier molecular flexibility index (Phi) is 4.74. The van der Waals surface area contributed by atoms with Crippen molar-refractivity contribution in [2.45, 2.75) is 6.54 Å². The van der Waals surface area contributed by atoms with Gasteiger partial charge >= 0.3 is 0 Å². The molecule has 2 rings (SSSR count). The van der Waals surface area contributed by atoms with Gasteiger partial charge in [-0.1, -0.05) is 15.9 Å². The molecule has 7 heteroatoms. The van der Waals surface area contributed by atoms with E-state index in [4.69, 9.17) is 4.74 Å². The summed E-state index contributed by atoms with van der Waals surface area (Å²) in [5.41, 5.74) is 1.10. The number of benzene rings is 2. The molecular weight excluding hydrogens is 343 g/mol. The van der Waals surface area contributed by atoms with Gasteiger partial charge in [-0.15, -0.1) is 0 Å². The maximum atomic E-state index is 13.1. The number of rotatable bonds is 5. The first kappa shape index (κ1) is 15.2. The van der Waals surface area contributed by atoms with E-state index in [1.54, 1.807) is 12.1 Å². The van der Waals surface area contributed by atoms with Crippen LogP contribution in [0.3, 0.4) is 0 Å². The molecule has 0 bridgehead atoms. The lowest BCUT2D eigenvalue weighted by Gasteiger charge is -2.11. The Morgan fingerprint density at radius 1 is 1.33 bits per heavy atom. The first-order valence-corrected chi connectivity index (χ1v) is 6.81. The van der Waals surface area contributed by atoms with E-state index in [2.05, 4.69) is 21.2 Å². The van der Waals surface area contributed by atoms with Crippen LogP contribution >= 0.6 is 15.9 Å². The third-order valence-corrected chi connectivity index (χ3v) is 3.36. The quantitative estimate of drug-likeness (QED) is 0.647. The minimum Gasteiger partial charge on any atom is -0.494 e. The molecule has 0 spiro atoms. The fourth-order valence-electron chi connectivity index (χ4n) is 1.88. The van der Waals surface area contributed by atoms with Gasteiger partial charge in [0.1, 0.15) is 11.6 Å². The Morgan fingerprint density at radius 3 is 2.76 bits per heavy atom. The van der Waals surface area contributed by atoms with Crippen LogP contribution in [0.5, 0.6) is 5.75 Å². The lowest BCUT2D eigenvalue weighted by Crippen LogP contribution is -2.04. The van der Waals surface area contributed by atoms with Crippen LogP contribution in [0.25, 0.3) is 0 Å². The summed E-state index contributed by atoms with van der Waals surface area (Å²) in [6.07, 6.45) is 0. The third-order valence-electron chi connectivity index (χ3n) is 2.87. The summed E-state index contributed by atoms with van der Waals surface area (Å²) < 4.78 is 18.9. The van der Waals surface area contributed by atoms with Gasteiger partial charge < -0.3 is 10.1 Å². The predicted molar refractivity (Wildman–Crippen MR) is 81.1 cm³/mol. The van der Waals surface area contributed by atoms with Crippen molar-refractivity contribution in [3.8, 4) is 5.75 Å². The maximum absolute atomic E-state index is 13.1. The van der Waals surface area contributed by atoms with Gasteiger partial charge in [0.25, 0.3) is 5.69 Å². The average molecular weight is 355 g/mol. The molecule has 0 heterocycles. The highest BCUT2D eigenvalue weighted by atomic mass is 79.9. The number of methoxy groups -OCH3 is 1. The first-order chi connectivity index (χ1) is 10.0. The molecule has 5 nitrogen and oxygen atoms in total. The highest BCUT2D eigenvalue weighted by Crippen LogP contribution is 2.28. The van der Waals surface area contributed by atoms with Crippen molar-refractivity contribution in [3.63, 3.8) is 0 Å². The number of nitro groups is 1. The summed E-state index contributed by atoms with van der Waals surface area (Å²) in [5.74, 6) is -0.0708. The molecule has 0 aliphatic heterocycles. The molecule has 1 N–H and O–H groups in total. The van der Waals surface area contributed by atoms with Crippen LogP contribution in [-0.2, 0) is 6.54 Å². The van der Waals surface area contributed by atoms with Crippen molar-refractivity contribution < 1.29 is 14.1 Å². The highest BCUT2D eigenvalue weighted by Gasteiger charge is 2.14. The Bertz CT molecular complexity index is 679. The number of hydrogen-bond donors (Lipinski definition) is 1. The van der Waals surface area contributed by atoms with Gasteiger partial charge in [-0.3, -0.25) is 10.1 Å². The second-order valence-corrected chi connectivity index (χ2v) is 5.14. The standard InChI is InChI=1S/C14H12BrFN2O3/c1-21-14-7-11(16)3-4-12(14)17-8-9-6-10(15)2-5-13(9)18(19)20/h2-7,17H,8H2,1H3. The Morgan fingerprint density at radius 2 is 2.10 bits per heavy atom. The van der Waals surface area contributed by atoms with E-state index in [1.165, 1.54) is 31.4 Å². The molecule has 110 valence electrons. The molecule has 0 saturated carbocycles. The summed E-state index contributed by atoms with van der Waals surface area (Å²) in [7, 11) is 1.43. The van der Waals surface area contributed by atoms with Gasteiger partial charge in [0, 0.05) is 28.7 Å². The maximum Gasteiger partial charge on any atom is 0.274 e. The zero-order valence-electron chi connectivity index (χ0n) is 11.1. The van der Waals surface area contributed by atoms with Crippen LogP contribution < -0.4 is 10.1 Å². The van der Waals surface area contributed by atoms with Crippen LogP contribution in [0.4, 0.5) is 15.8 Å². The molecular formula is C14H12BrFN2O3. The van der Waals surface area contributed by atoms with E-state index in [9.17, 15) is 14.5 Å². The Hall–Kier alpha value is -2.15. The Balaban J connectivity index is 2.24. The number of ether oxygens (including phenoxy) is 1. The molecule has 0 saturated heterocycles. The SMILES string of the molecule is COc1cc(F)ccc1NCc1cc(Br)ccc1[N+](=O)[O-]. The van der Waals surface area contributed by atoms with Gasteiger partial charge in [-0.05, 0) is 24.3 Å². The highest BCUT2D eigenvalue weighted by molar-refractivity contribution is 9.10. The van der Waals surface area contributed by atoms with Crippen molar-refractivity contribution >= 4 is 27.3 Å². The second kappa shape index (κ2) is 6.53. The molecule has 21 heavy (non-hydrogen) atoms. The van der Waals surface area contributed by atoms with Gasteiger partial charge in [0.15, 0.2) is 0 Å². The lowest BCUT2D eigenvalue weighted by molar-refractivity contribution is -0.385. The van der Waals surface area contributed by atoms with Gasteiger partial charge in [0.05, 0.1) is 17.7 Å². The zero-order chi connectivity index (χ0) is 15.4. The van der Waals surface area contributed by atoms with E-state index in [1.807, 2.05) is 0 Å². The fourth-order valence-corrected chi connectivity index (χ4v) is 2.28. The van der Waals surface area contributed by atoms with Crippen molar-refractivity contribution in [3.05, 3.63) is 62.4 Å². The lowest BCUT2D eigenvalue weighted by atomic mass is 10.1. The molecule has 0 fully saturated rings. The van der Waals surface area contributed by atoms with Gasteiger partial charge in [0.2, 0.25) is 0 Å². The summed E-state index contributed by atoms with van der Waals surface area (Å²) >= 11 is 3.28. The third kappa shape index (κ3) is 3.69. The minimum absolute atomic E-state index is 0.0202. The molecule has 0 aliphatic carbocycles. The summed E-state index contributed by atoms with van der Waals surface area (Å²) in [4.78, 5) is 10.6. The number of nitrogens with zero attached hydrogens (tertiary/aromatic N) is 1. The average Bonchev–Trinajstić information content (AvgIpc) is 2.45. The Labute approximate surface area is 129 Å². The van der Waals surface area contributed by atoms with Crippen LogP contribution in [0.15, 0.2) is 40.9 Å². The summed E-state index contributed by atoms with van der Waals surface area (Å²) in [6.45, 7) is 0.220. The van der Waals surface area contributed by atoms with Gasteiger partial charge in [-0.25, -0.2) is 4.39 Å². The van der Waals surface area contributed by atoms with Crippen LogP contribution in [0.1, 0.15) is 5.56 Å². The first-order valence-electron chi connectivity index (χ1n) is 6.01. The molecule has 2 aromatic rings. The molecule has 0 atom stereocenters. The smallest absolute Gasteiger partial charge is 0.274 e. The number of halogens is 2. The van der Waals surface area contributed by atoms with Crippen molar-refractivity contribution in [2.75, 3.05) is 12.4 Å². The molecule has 0 aliphatic rings. The van der Waals surface area contributed by atoms with Crippen molar-refractivity contribution in [2.24, 2.45) is 0 Å². The predicted octanol–water partition coefficient (Wildman–Crippen LogP) is 4.12. The minimum atomic E-state index is -0.439. The van der Waals surface area contributed by atoms with Crippen LogP contribution in [0.2, 0.25) is 0 Å². The zero-order valence-corrected chi connectivity index (χ0v) is 12.7. The summed E-state index contributed by atoms with van der Waals surface area (Å²) in [6, 6.07) is 8.78. The normalized spacial score (nSPS) is 10.2. The molecule has 0 amide bonds. The van der Waals surface area contributed by atoms with Gasteiger partial charge in [-0.2, -0.15) is 0 Å². The van der Waals surface area contributed by atoms with Crippen molar-refractivity contribution in [1.82, 2.24) is 0 Å². The molecule has 0 unspecified atom stereocenters. The van der Waals surface area contributed by atoms with E-state index in [0.717, 1.165) is 4.47 Å². The van der Waals surface area contributed by atoms with Crippen molar-refractivity contribution in [1.29, 1.82) is 0 Å². The molecule has 0 radical (unpaired) electrons. The second-order valence-electron chi connectivity index (χ2n) is 4.23. The molecule has 2 aromatic carbocycles. The number of nitrogens with one attached hydrogen (secondary N) is 1. The topological polar surface area (TPSA) is 64.4 Å². The largest absolute Gasteiger partial charge is 0.494 e. The molecule has 0 aromatic heterocycles. The number of hydrogen-bond acceptors (Lipinski definition) is 4. The van der Waals surface area contributed by atoms with E-state index < -0.39 is 10.7 Å². The van der Waals surface area contributed by atoms with E-state index in [0.29, 0.717) is 17.0 Å².